The van der Waals surface area contributed by atoms with Crippen molar-refractivity contribution in [2.75, 3.05) is 0 Å². The molecule has 2 heterocycles. The number of rotatable bonds is 2. The van der Waals surface area contributed by atoms with E-state index in [1.165, 1.54) is 12.1 Å². The third kappa shape index (κ3) is 3.13. The lowest BCUT2D eigenvalue weighted by molar-refractivity contribution is 0.0916. The number of benzene rings is 1. The Hall–Kier alpha value is -2.76. The molecule has 5 nitrogen and oxygen atoms in total. The van der Waals surface area contributed by atoms with Crippen molar-refractivity contribution in [2.24, 2.45) is 0 Å². The van der Waals surface area contributed by atoms with Crippen LogP contribution in [-0.4, -0.2) is 25.8 Å². The number of nitrogens with zero attached hydrogens (tertiary/aromatic N) is 3. The number of nitrogens with one attached hydrogen (secondary N) is 1. The van der Waals surface area contributed by atoms with Crippen LogP contribution in [0.15, 0.2) is 36.7 Å². The molecule has 0 fully saturated rings. The topological polar surface area (TPSA) is 59.3 Å². The molecule has 3 aromatic rings. The van der Waals surface area contributed by atoms with Crippen LogP contribution in [0.3, 0.4) is 0 Å². The van der Waals surface area contributed by atoms with Gasteiger partial charge in [-0.25, -0.2) is 14.4 Å². The van der Waals surface area contributed by atoms with E-state index >= 15 is 0 Å². The first kappa shape index (κ1) is 16.1. The van der Waals surface area contributed by atoms with Crippen LogP contribution in [0.25, 0.3) is 16.9 Å². The van der Waals surface area contributed by atoms with Crippen LogP contribution in [0, 0.1) is 12.7 Å². The number of hydrogen-bond donors (Lipinski definition) is 1. The summed E-state index contributed by atoms with van der Waals surface area (Å²) in [6.45, 7) is 7.60. The van der Waals surface area contributed by atoms with Gasteiger partial charge in [-0.2, -0.15) is 0 Å². The number of halogens is 1. The Morgan fingerprint density at radius 3 is 2.67 bits per heavy atom. The standard InChI is InChI=1S/C18H19FN4O/c1-11-8-14(12-6-5-7-13(19)9-12)21-16-15(20-10-23(11)16)17(24)22-18(2,3)4/h5-10H,1-4H3,(H,22,24). The maximum Gasteiger partial charge on any atom is 0.274 e. The van der Waals surface area contributed by atoms with Crippen LogP contribution in [-0.2, 0) is 0 Å². The van der Waals surface area contributed by atoms with Gasteiger partial charge in [-0.05, 0) is 45.9 Å². The first-order valence-electron chi connectivity index (χ1n) is 7.68. The summed E-state index contributed by atoms with van der Waals surface area (Å²) in [6, 6.07) is 8.07. The highest BCUT2D eigenvalue weighted by atomic mass is 19.1. The zero-order chi connectivity index (χ0) is 17.5. The third-order valence-electron chi connectivity index (χ3n) is 3.52. The average Bonchev–Trinajstić information content (AvgIpc) is 2.90. The SMILES string of the molecule is Cc1cc(-c2cccc(F)c2)nc2c(C(=O)NC(C)(C)C)ncn12. The van der Waals surface area contributed by atoms with Gasteiger partial charge in [0.05, 0.1) is 5.69 Å². The van der Waals surface area contributed by atoms with Crippen molar-refractivity contribution in [3.63, 3.8) is 0 Å². The zero-order valence-corrected chi connectivity index (χ0v) is 14.1. The second-order valence-corrected chi connectivity index (χ2v) is 6.78. The van der Waals surface area contributed by atoms with Crippen LogP contribution in [0.5, 0.6) is 0 Å². The smallest absolute Gasteiger partial charge is 0.274 e. The Bertz CT molecular complexity index is 924. The molecule has 2 aromatic heterocycles. The Kier molecular flexibility index (Phi) is 3.83. The predicted octanol–water partition coefficient (Wildman–Crippen LogP) is 3.37. The molecule has 0 unspecified atom stereocenters. The highest BCUT2D eigenvalue weighted by Crippen LogP contribution is 2.22. The van der Waals surface area contributed by atoms with Gasteiger partial charge in [0, 0.05) is 16.8 Å². The van der Waals surface area contributed by atoms with Crippen LogP contribution in [0.1, 0.15) is 37.0 Å². The van der Waals surface area contributed by atoms with Crippen molar-refractivity contribution in [2.45, 2.75) is 33.2 Å². The maximum absolute atomic E-state index is 13.5. The summed E-state index contributed by atoms with van der Waals surface area (Å²) in [5.41, 5.74) is 2.46. The molecule has 0 saturated carbocycles. The minimum atomic E-state index is -0.373. The van der Waals surface area contributed by atoms with Gasteiger partial charge in [-0.15, -0.1) is 0 Å². The Balaban J connectivity index is 2.12. The molecule has 24 heavy (non-hydrogen) atoms. The minimum Gasteiger partial charge on any atom is -0.346 e. The van der Waals surface area contributed by atoms with Gasteiger partial charge in [0.2, 0.25) is 0 Å². The molecule has 0 bridgehead atoms. The number of carbonyl (C=O) groups is 1. The number of hydrogen-bond acceptors (Lipinski definition) is 3. The van der Waals surface area contributed by atoms with Gasteiger partial charge in [0.15, 0.2) is 11.3 Å². The molecular weight excluding hydrogens is 307 g/mol. The van der Waals surface area contributed by atoms with Crippen molar-refractivity contribution in [1.29, 1.82) is 0 Å². The number of carbonyl (C=O) groups excluding carboxylic acids is 1. The summed E-state index contributed by atoms with van der Waals surface area (Å²) in [6.07, 6.45) is 1.57. The Morgan fingerprint density at radius 1 is 1.25 bits per heavy atom. The fourth-order valence-corrected chi connectivity index (χ4v) is 2.48. The molecule has 1 N–H and O–H groups in total. The molecule has 0 spiro atoms. The molecule has 0 atom stereocenters. The first-order valence-corrected chi connectivity index (χ1v) is 7.68. The largest absolute Gasteiger partial charge is 0.346 e. The highest BCUT2D eigenvalue weighted by molar-refractivity contribution is 5.98. The molecular formula is C18H19FN4O. The maximum atomic E-state index is 13.5. The third-order valence-corrected chi connectivity index (χ3v) is 3.52. The van der Waals surface area contributed by atoms with Gasteiger partial charge >= 0.3 is 0 Å². The highest BCUT2D eigenvalue weighted by Gasteiger charge is 2.21. The Morgan fingerprint density at radius 2 is 2.00 bits per heavy atom. The molecule has 3 rings (SSSR count). The van der Waals surface area contributed by atoms with Crippen molar-refractivity contribution >= 4 is 11.6 Å². The van der Waals surface area contributed by atoms with E-state index < -0.39 is 0 Å². The minimum absolute atomic E-state index is 0.256. The van der Waals surface area contributed by atoms with Crippen LogP contribution in [0.2, 0.25) is 0 Å². The van der Waals surface area contributed by atoms with E-state index in [0.717, 1.165) is 5.69 Å². The lowest BCUT2D eigenvalue weighted by Crippen LogP contribution is -2.40. The molecule has 0 aliphatic rings. The monoisotopic (exact) mass is 326 g/mol. The van der Waals surface area contributed by atoms with E-state index in [2.05, 4.69) is 15.3 Å². The van der Waals surface area contributed by atoms with E-state index in [1.54, 1.807) is 22.9 Å². The van der Waals surface area contributed by atoms with E-state index in [1.807, 2.05) is 33.8 Å². The number of fused-ring (bicyclic) bond motifs is 1. The average molecular weight is 326 g/mol. The first-order chi connectivity index (χ1) is 11.2. The van der Waals surface area contributed by atoms with E-state index in [4.69, 9.17) is 0 Å². The number of amides is 1. The summed E-state index contributed by atoms with van der Waals surface area (Å²) < 4.78 is 15.2. The van der Waals surface area contributed by atoms with Gasteiger partial charge < -0.3 is 5.32 Å². The lowest BCUT2D eigenvalue weighted by atomic mass is 10.1. The molecule has 0 saturated heterocycles. The number of aromatic nitrogens is 3. The molecule has 6 heteroatoms. The number of aryl methyl sites for hydroxylation is 1. The van der Waals surface area contributed by atoms with Crippen molar-refractivity contribution < 1.29 is 9.18 Å². The molecule has 124 valence electrons. The summed E-state index contributed by atoms with van der Waals surface area (Å²) in [5, 5.41) is 2.89. The quantitative estimate of drug-likeness (QED) is 0.785. The summed E-state index contributed by atoms with van der Waals surface area (Å²) >= 11 is 0. The van der Waals surface area contributed by atoms with Gasteiger partial charge in [0.1, 0.15) is 12.1 Å². The van der Waals surface area contributed by atoms with E-state index in [0.29, 0.717) is 16.9 Å². The summed E-state index contributed by atoms with van der Waals surface area (Å²) in [4.78, 5) is 21.2. The van der Waals surface area contributed by atoms with E-state index in [-0.39, 0.29) is 23.0 Å². The molecule has 0 aliphatic heterocycles. The van der Waals surface area contributed by atoms with Crippen molar-refractivity contribution in [1.82, 2.24) is 19.7 Å². The molecule has 1 amide bonds. The van der Waals surface area contributed by atoms with Gasteiger partial charge in [-0.1, -0.05) is 12.1 Å². The second-order valence-electron chi connectivity index (χ2n) is 6.78. The zero-order valence-electron chi connectivity index (χ0n) is 14.1. The fourth-order valence-electron chi connectivity index (χ4n) is 2.48. The Labute approximate surface area is 139 Å². The lowest BCUT2D eigenvalue weighted by Gasteiger charge is -2.19. The van der Waals surface area contributed by atoms with Gasteiger partial charge in [0.25, 0.3) is 5.91 Å². The second kappa shape index (κ2) is 5.70. The van der Waals surface area contributed by atoms with Crippen molar-refractivity contribution in [3.8, 4) is 11.3 Å². The van der Waals surface area contributed by atoms with Gasteiger partial charge in [-0.3, -0.25) is 9.20 Å². The summed E-state index contributed by atoms with van der Waals surface area (Å²) in [7, 11) is 0. The fraction of sp³-hybridized carbons (Fsp3) is 0.278. The van der Waals surface area contributed by atoms with Crippen LogP contribution >= 0.6 is 0 Å². The normalized spacial score (nSPS) is 11.7. The molecule has 0 aliphatic carbocycles. The summed E-state index contributed by atoms with van der Waals surface area (Å²) in [5.74, 6) is -0.612. The van der Waals surface area contributed by atoms with E-state index in [9.17, 15) is 9.18 Å². The van der Waals surface area contributed by atoms with Crippen molar-refractivity contribution in [3.05, 3.63) is 53.9 Å². The van der Waals surface area contributed by atoms with Crippen LogP contribution in [0.4, 0.5) is 4.39 Å². The molecule has 0 radical (unpaired) electrons. The van der Waals surface area contributed by atoms with Crippen LogP contribution < -0.4 is 5.32 Å². The number of imidazole rings is 1. The molecule has 1 aromatic carbocycles. The predicted molar refractivity (Wildman–Crippen MR) is 90.3 cm³/mol.